The smallest absolute Gasteiger partial charge is 0.156 e. The molecular formula is C10H15N3OS. The Hall–Kier alpha value is -0.970. The number of hydrogen-bond donors (Lipinski definition) is 1. The maximum Gasteiger partial charge on any atom is 0.156 e. The van der Waals surface area contributed by atoms with Crippen molar-refractivity contribution in [3.8, 4) is 0 Å². The number of aliphatic imine (C=N–C) groups is 1. The molecule has 0 spiro atoms. The molecule has 82 valence electrons. The van der Waals surface area contributed by atoms with Gasteiger partial charge >= 0.3 is 0 Å². The van der Waals surface area contributed by atoms with Crippen molar-refractivity contribution in [2.45, 2.75) is 20.4 Å². The summed E-state index contributed by atoms with van der Waals surface area (Å²) in [4.78, 5) is 4.44. The van der Waals surface area contributed by atoms with Crippen LogP contribution in [0.1, 0.15) is 18.4 Å². The molecule has 1 aliphatic rings. The molecule has 1 aliphatic heterocycles. The molecule has 15 heavy (non-hydrogen) atoms. The number of nitrogens with one attached hydrogen (secondary N) is 1. The summed E-state index contributed by atoms with van der Waals surface area (Å²) in [7, 11) is 0. The first-order valence-electron chi connectivity index (χ1n) is 5.07. The predicted octanol–water partition coefficient (Wildman–Crippen LogP) is 1.81. The van der Waals surface area contributed by atoms with Gasteiger partial charge in [-0.2, -0.15) is 0 Å². The molecule has 1 unspecified atom stereocenters. The highest BCUT2D eigenvalue weighted by atomic mass is 32.2. The van der Waals surface area contributed by atoms with Gasteiger partial charge in [-0.05, 0) is 12.8 Å². The Kier molecular flexibility index (Phi) is 3.30. The van der Waals surface area contributed by atoms with Gasteiger partial charge in [-0.15, -0.1) is 0 Å². The average Bonchev–Trinajstić information content (AvgIpc) is 2.64. The molecule has 0 amide bonds. The predicted molar refractivity (Wildman–Crippen MR) is 62.0 cm³/mol. The molecule has 4 nitrogen and oxygen atoms in total. The molecule has 0 aromatic carbocycles. The fourth-order valence-electron chi connectivity index (χ4n) is 1.33. The Morgan fingerprint density at radius 2 is 2.53 bits per heavy atom. The zero-order valence-electron chi connectivity index (χ0n) is 8.99. The highest BCUT2D eigenvalue weighted by molar-refractivity contribution is 8.13. The number of thioether (sulfide) groups is 1. The van der Waals surface area contributed by atoms with Gasteiger partial charge in [0.25, 0.3) is 0 Å². The van der Waals surface area contributed by atoms with E-state index in [1.54, 1.807) is 11.8 Å². The van der Waals surface area contributed by atoms with Gasteiger partial charge in [0.05, 0.1) is 12.2 Å². The molecule has 0 radical (unpaired) electrons. The Bertz CT molecular complexity index is 361. The van der Waals surface area contributed by atoms with E-state index >= 15 is 0 Å². The molecule has 1 N–H and O–H groups in total. The van der Waals surface area contributed by atoms with Crippen molar-refractivity contribution in [2.24, 2.45) is 10.9 Å². The highest BCUT2D eigenvalue weighted by Gasteiger charge is 2.12. The minimum Gasteiger partial charge on any atom is -0.359 e. The minimum absolute atomic E-state index is 0.668. The van der Waals surface area contributed by atoms with Crippen molar-refractivity contribution >= 4 is 16.9 Å². The lowest BCUT2D eigenvalue weighted by Crippen LogP contribution is -2.25. The standard InChI is InChI=1S/C10H15N3OS/c1-7-4-11-10(15-6-7)12-5-9-3-8(2)13-14-9/h3,7H,4-6H2,1-2H3,(H,11,12). The number of hydrogen-bond acceptors (Lipinski definition) is 5. The highest BCUT2D eigenvalue weighted by Crippen LogP contribution is 2.16. The van der Waals surface area contributed by atoms with E-state index in [0.717, 1.165) is 28.9 Å². The topological polar surface area (TPSA) is 50.4 Å². The van der Waals surface area contributed by atoms with Crippen LogP contribution in [0, 0.1) is 12.8 Å². The van der Waals surface area contributed by atoms with Crippen molar-refractivity contribution in [2.75, 3.05) is 12.3 Å². The lowest BCUT2D eigenvalue weighted by atomic mass is 10.2. The monoisotopic (exact) mass is 225 g/mol. The van der Waals surface area contributed by atoms with E-state index in [2.05, 4.69) is 22.4 Å². The molecule has 1 aromatic heterocycles. The van der Waals surface area contributed by atoms with Gasteiger partial charge in [-0.3, -0.25) is 4.99 Å². The molecule has 2 rings (SSSR count). The van der Waals surface area contributed by atoms with E-state index in [1.165, 1.54) is 0 Å². The normalized spacial score (nSPS) is 21.2. The van der Waals surface area contributed by atoms with Gasteiger partial charge < -0.3 is 9.84 Å². The summed E-state index contributed by atoms with van der Waals surface area (Å²) in [6.45, 7) is 5.72. The van der Waals surface area contributed by atoms with Crippen molar-refractivity contribution in [3.05, 3.63) is 17.5 Å². The molecule has 5 heteroatoms. The van der Waals surface area contributed by atoms with Gasteiger partial charge in [-0.25, -0.2) is 0 Å². The Morgan fingerprint density at radius 1 is 1.67 bits per heavy atom. The molecule has 2 heterocycles. The summed E-state index contributed by atoms with van der Waals surface area (Å²) in [5, 5.41) is 8.10. The van der Waals surface area contributed by atoms with E-state index in [1.807, 2.05) is 13.0 Å². The first kappa shape index (κ1) is 10.5. The van der Waals surface area contributed by atoms with E-state index in [0.29, 0.717) is 12.5 Å². The molecule has 0 saturated carbocycles. The van der Waals surface area contributed by atoms with E-state index in [-0.39, 0.29) is 0 Å². The van der Waals surface area contributed by atoms with Crippen LogP contribution in [0.3, 0.4) is 0 Å². The SMILES string of the molecule is Cc1cc(CNC2=NCC(C)CS2)on1. The van der Waals surface area contributed by atoms with Crippen LogP contribution in [0.4, 0.5) is 0 Å². The van der Waals surface area contributed by atoms with Crippen LogP contribution in [-0.4, -0.2) is 22.6 Å². The van der Waals surface area contributed by atoms with Gasteiger partial charge in [0.15, 0.2) is 10.9 Å². The Balaban J connectivity index is 1.83. The fraction of sp³-hybridized carbons (Fsp3) is 0.600. The maximum atomic E-state index is 5.10. The third kappa shape index (κ3) is 2.99. The lowest BCUT2D eigenvalue weighted by molar-refractivity contribution is 0.377. The van der Waals surface area contributed by atoms with Crippen LogP contribution in [0.2, 0.25) is 0 Å². The largest absolute Gasteiger partial charge is 0.359 e. The molecule has 1 atom stereocenters. The first-order valence-corrected chi connectivity index (χ1v) is 6.06. The number of aryl methyl sites for hydroxylation is 1. The van der Waals surface area contributed by atoms with Gasteiger partial charge in [0.1, 0.15) is 0 Å². The summed E-state index contributed by atoms with van der Waals surface area (Å²) < 4.78 is 5.10. The van der Waals surface area contributed by atoms with Gasteiger partial charge in [0.2, 0.25) is 0 Å². The molecular weight excluding hydrogens is 210 g/mol. The van der Waals surface area contributed by atoms with Crippen LogP contribution < -0.4 is 5.32 Å². The summed E-state index contributed by atoms with van der Waals surface area (Å²) in [6, 6.07) is 1.93. The number of nitrogens with zero attached hydrogens (tertiary/aromatic N) is 2. The van der Waals surface area contributed by atoms with Gasteiger partial charge in [-0.1, -0.05) is 23.8 Å². The quantitative estimate of drug-likeness (QED) is 0.834. The third-order valence-electron chi connectivity index (χ3n) is 2.14. The van der Waals surface area contributed by atoms with Crippen LogP contribution in [0.15, 0.2) is 15.6 Å². The van der Waals surface area contributed by atoms with E-state index in [4.69, 9.17) is 4.52 Å². The summed E-state index contributed by atoms with van der Waals surface area (Å²) in [6.07, 6.45) is 0. The molecule has 0 aliphatic carbocycles. The fourth-order valence-corrected chi connectivity index (χ4v) is 2.22. The second-order valence-corrected chi connectivity index (χ2v) is 4.86. The second kappa shape index (κ2) is 4.70. The number of aromatic nitrogens is 1. The zero-order valence-corrected chi connectivity index (χ0v) is 9.80. The van der Waals surface area contributed by atoms with Crippen LogP contribution >= 0.6 is 11.8 Å². The van der Waals surface area contributed by atoms with E-state index in [9.17, 15) is 0 Å². The Labute approximate surface area is 93.5 Å². The first-order chi connectivity index (χ1) is 7.24. The summed E-state index contributed by atoms with van der Waals surface area (Å²) >= 11 is 1.77. The van der Waals surface area contributed by atoms with Crippen molar-refractivity contribution < 1.29 is 4.52 Å². The number of rotatable bonds is 2. The third-order valence-corrected chi connectivity index (χ3v) is 3.42. The zero-order chi connectivity index (χ0) is 10.7. The maximum absolute atomic E-state index is 5.10. The molecule has 0 fully saturated rings. The second-order valence-electron chi connectivity index (χ2n) is 3.85. The molecule has 0 saturated heterocycles. The van der Waals surface area contributed by atoms with E-state index < -0.39 is 0 Å². The van der Waals surface area contributed by atoms with Gasteiger partial charge in [0, 0.05) is 18.4 Å². The minimum atomic E-state index is 0.668. The van der Waals surface area contributed by atoms with Crippen molar-refractivity contribution in [1.82, 2.24) is 10.5 Å². The van der Waals surface area contributed by atoms with Crippen molar-refractivity contribution in [3.63, 3.8) is 0 Å². The van der Waals surface area contributed by atoms with Crippen LogP contribution in [-0.2, 0) is 6.54 Å². The van der Waals surface area contributed by atoms with Crippen LogP contribution in [0.5, 0.6) is 0 Å². The molecule has 1 aromatic rings. The number of amidine groups is 1. The Morgan fingerprint density at radius 3 is 3.13 bits per heavy atom. The van der Waals surface area contributed by atoms with Crippen molar-refractivity contribution in [1.29, 1.82) is 0 Å². The van der Waals surface area contributed by atoms with Crippen LogP contribution in [0.25, 0.3) is 0 Å². The molecule has 0 bridgehead atoms. The summed E-state index contributed by atoms with van der Waals surface area (Å²) in [5.41, 5.74) is 0.915. The lowest BCUT2D eigenvalue weighted by Gasteiger charge is -2.17. The average molecular weight is 225 g/mol. The summed E-state index contributed by atoms with van der Waals surface area (Å²) in [5.74, 6) is 2.68.